The zero-order valence-electron chi connectivity index (χ0n) is 15.5. The largest absolute Gasteiger partial charge is 0.378 e. The van der Waals surface area contributed by atoms with E-state index in [1.54, 1.807) is 11.3 Å². The minimum atomic E-state index is 0.796. The highest BCUT2D eigenvalue weighted by atomic mass is 32.1. The van der Waals surface area contributed by atoms with Crippen LogP contribution in [0.4, 0.5) is 5.00 Å². The van der Waals surface area contributed by atoms with Crippen LogP contribution >= 0.6 is 11.3 Å². The lowest BCUT2D eigenvalue weighted by molar-refractivity contribution is 0.123. The van der Waals surface area contributed by atoms with Crippen LogP contribution in [0.2, 0.25) is 0 Å². The smallest absolute Gasteiger partial charge is 0.148 e. The van der Waals surface area contributed by atoms with Crippen molar-refractivity contribution in [2.45, 2.75) is 0 Å². The Morgan fingerprint density at radius 1 is 0.821 bits per heavy atom. The molecular formula is C23H21N3OS. The maximum absolute atomic E-state index is 5.47. The standard InChI is InChI=1S/C23H21N3OS/c1-3-7-17(8-4-1)21-22(18-9-5-2-6-10-18)25-23(24-21)19-11-12-20(28-19)26-13-15-27-16-14-26/h1-12H,13-16H2,(H,24,25). The summed E-state index contributed by atoms with van der Waals surface area (Å²) in [6.07, 6.45) is 0. The van der Waals surface area contributed by atoms with Gasteiger partial charge in [-0.2, -0.15) is 0 Å². The Morgan fingerprint density at radius 2 is 1.50 bits per heavy atom. The van der Waals surface area contributed by atoms with Crippen molar-refractivity contribution in [1.29, 1.82) is 0 Å². The summed E-state index contributed by atoms with van der Waals surface area (Å²) in [5, 5.41) is 1.28. The van der Waals surface area contributed by atoms with E-state index in [0.29, 0.717) is 0 Å². The molecule has 0 saturated carbocycles. The van der Waals surface area contributed by atoms with Crippen LogP contribution in [-0.4, -0.2) is 36.3 Å². The maximum Gasteiger partial charge on any atom is 0.148 e. The fraction of sp³-hybridized carbons (Fsp3) is 0.174. The number of aromatic amines is 1. The molecule has 4 nitrogen and oxygen atoms in total. The Kier molecular flexibility index (Phi) is 4.69. The van der Waals surface area contributed by atoms with Gasteiger partial charge < -0.3 is 14.6 Å². The average molecular weight is 388 g/mol. The highest BCUT2D eigenvalue weighted by molar-refractivity contribution is 7.19. The summed E-state index contributed by atoms with van der Waals surface area (Å²) in [6.45, 7) is 3.49. The summed E-state index contributed by atoms with van der Waals surface area (Å²) >= 11 is 1.78. The first kappa shape index (κ1) is 17.2. The van der Waals surface area contributed by atoms with Crippen molar-refractivity contribution < 1.29 is 4.74 Å². The Bertz CT molecular complexity index is 993. The van der Waals surface area contributed by atoms with E-state index in [1.807, 2.05) is 12.1 Å². The predicted octanol–water partition coefficient (Wildman–Crippen LogP) is 5.31. The third kappa shape index (κ3) is 3.35. The summed E-state index contributed by atoms with van der Waals surface area (Å²) in [6, 6.07) is 25.1. The zero-order chi connectivity index (χ0) is 18.8. The molecular weight excluding hydrogens is 366 g/mol. The van der Waals surface area contributed by atoms with E-state index in [1.165, 1.54) is 5.00 Å². The van der Waals surface area contributed by atoms with Crippen LogP contribution in [0.5, 0.6) is 0 Å². The summed E-state index contributed by atoms with van der Waals surface area (Å²) < 4.78 is 5.47. The van der Waals surface area contributed by atoms with Gasteiger partial charge in [0.25, 0.3) is 0 Å². The van der Waals surface area contributed by atoms with Crippen LogP contribution in [0.3, 0.4) is 0 Å². The van der Waals surface area contributed by atoms with Crippen molar-refractivity contribution in [2.24, 2.45) is 0 Å². The molecule has 1 aliphatic rings. The number of hydrogen-bond donors (Lipinski definition) is 1. The molecule has 5 rings (SSSR count). The van der Waals surface area contributed by atoms with Gasteiger partial charge in [0.05, 0.1) is 34.5 Å². The number of hydrogen-bond acceptors (Lipinski definition) is 4. The van der Waals surface area contributed by atoms with Crippen LogP contribution < -0.4 is 4.90 Å². The van der Waals surface area contributed by atoms with E-state index in [2.05, 4.69) is 70.5 Å². The Morgan fingerprint density at radius 3 is 2.21 bits per heavy atom. The predicted molar refractivity (Wildman–Crippen MR) is 116 cm³/mol. The van der Waals surface area contributed by atoms with Gasteiger partial charge in [-0.25, -0.2) is 4.98 Å². The van der Waals surface area contributed by atoms with Crippen molar-refractivity contribution in [3.05, 3.63) is 72.8 Å². The van der Waals surface area contributed by atoms with E-state index < -0.39 is 0 Å². The molecule has 2 aromatic heterocycles. The van der Waals surface area contributed by atoms with Crippen LogP contribution in [-0.2, 0) is 4.74 Å². The molecule has 28 heavy (non-hydrogen) atoms. The number of nitrogens with zero attached hydrogens (tertiary/aromatic N) is 2. The first-order valence-electron chi connectivity index (χ1n) is 9.52. The molecule has 3 heterocycles. The van der Waals surface area contributed by atoms with E-state index in [4.69, 9.17) is 9.72 Å². The van der Waals surface area contributed by atoms with Gasteiger partial charge in [-0.1, -0.05) is 60.7 Å². The number of nitrogens with one attached hydrogen (secondary N) is 1. The summed E-state index contributed by atoms with van der Waals surface area (Å²) in [7, 11) is 0. The van der Waals surface area contributed by atoms with Gasteiger partial charge in [-0.05, 0) is 12.1 Å². The SMILES string of the molecule is c1ccc(-c2nc(-c3ccc(N4CCOCC4)s3)[nH]c2-c2ccccc2)cc1. The molecule has 0 unspecified atom stereocenters. The Balaban J connectivity index is 1.56. The first-order valence-corrected chi connectivity index (χ1v) is 10.3. The summed E-state index contributed by atoms with van der Waals surface area (Å²) in [4.78, 5) is 12.1. The molecule has 0 radical (unpaired) electrons. The number of morpholine rings is 1. The minimum absolute atomic E-state index is 0.796. The van der Waals surface area contributed by atoms with E-state index in [-0.39, 0.29) is 0 Å². The van der Waals surface area contributed by atoms with Gasteiger partial charge >= 0.3 is 0 Å². The number of H-pyrrole nitrogens is 1. The molecule has 0 spiro atoms. The lowest BCUT2D eigenvalue weighted by Gasteiger charge is -2.27. The monoisotopic (exact) mass is 387 g/mol. The molecule has 1 aliphatic heterocycles. The van der Waals surface area contributed by atoms with Gasteiger partial charge in [0, 0.05) is 24.2 Å². The fourth-order valence-corrected chi connectivity index (χ4v) is 4.52. The highest BCUT2D eigenvalue weighted by Gasteiger charge is 2.18. The fourth-order valence-electron chi connectivity index (χ4n) is 3.52. The number of benzene rings is 2. The van der Waals surface area contributed by atoms with Crippen molar-refractivity contribution in [3.63, 3.8) is 0 Å². The van der Waals surface area contributed by atoms with Gasteiger partial charge in [-0.15, -0.1) is 11.3 Å². The van der Waals surface area contributed by atoms with Gasteiger partial charge in [0.1, 0.15) is 5.82 Å². The zero-order valence-corrected chi connectivity index (χ0v) is 16.3. The van der Waals surface area contributed by atoms with E-state index in [0.717, 1.165) is 59.5 Å². The maximum atomic E-state index is 5.47. The molecule has 4 aromatic rings. The van der Waals surface area contributed by atoms with Gasteiger partial charge in [0.2, 0.25) is 0 Å². The van der Waals surface area contributed by atoms with Crippen LogP contribution in [0.1, 0.15) is 0 Å². The van der Waals surface area contributed by atoms with Crippen LogP contribution in [0, 0.1) is 0 Å². The minimum Gasteiger partial charge on any atom is -0.378 e. The highest BCUT2D eigenvalue weighted by Crippen LogP contribution is 2.37. The third-order valence-corrected chi connectivity index (χ3v) is 6.11. The molecule has 0 aliphatic carbocycles. The second-order valence-electron chi connectivity index (χ2n) is 6.78. The van der Waals surface area contributed by atoms with E-state index >= 15 is 0 Å². The van der Waals surface area contributed by atoms with Gasteiger partial charge in [-0.3, -0.25) is 0 Å². The molecule has 0 bridgehead atoms. The molecule has 0 atom stereocenters. The second kappa shape index (κ2) is 7.62. The lowest BCUT2D eigenvalue weighted by Crippen LogP contribution is -2.35. The normalized spacial score (nSPS) is 14.4. The van der Waals surface area contributed by atoms with Crippen LogP contribution in [0.25, 0.3) is 33.2 Å². The quantitative estimate of drug-likeness (QED) is 0.516. The Hall–Kier alpha value is -2.89. The first-order chi connectivity index (χ1) is 13.9. The number of imidazole rings is 1. The van der Waals surface area contributed by atoms with Gasteiger partial charge in [0.15, 0.2) is 0 Å². The molecule has 1 saturated heterocycles. The molecule has 5 heteroatoms. The summed E-state index contributed by atoms with van der Waals surface area (Å²) in [5.41, 5.74) is 4.31. The van der Waals surface area contributed by atoms with Crippen molar-refractivity contribution in [1.82, 2.24) is 9.97 Å². The summed E-state index contributed by atoms with van der Waals surface area (Å²) in [5.74, 6) is 0.919. The Labute approximate surface area is 168 Å². The number of rotatable bonds is 4. The molecule has 1 fully saturated rings. The molecule has 1 N–H and O–H groups in total. The van der Waals surface area contributed by atoms with Crippen molar-refractivity contribution >= 4 is 16.3 Å². The molecule has 2 aromatic carbocycles. The van der Waals surface area contributed by atoms with Crippen molar-refractivity contribution in [3.8, 4) is 33.2 Å². The second-order valence-corrected chi connectivity index (χ2v) is 7.84. The number of anilines is 1. The van der Waals surface area contributed by atoms with Crippen LogP contribution in [0.15, 0.2) is 72.8 Å². The number of aromatic nitrogens is 2. The lowest BCUT2D eigenvalue weighted by atomic mass is 10.1. The topological polar surface area (TPSA) is 41.2 Å². The molecule has 140 valence electrons. The van der Waals surface area contributed by atoms with Crippen molar-refractivity contribution in [2.75, 3.05) is 31.2 Å². The number of ether oxygens (including phenoxy) is 1. The number of thiophene rings is 1. The third-order valence-electron chi connectivity index (χ3n) is 4.96. The van der Waals surface area contributed by atoms with E-state index in [9.17, 15) is 0 Å². The molecule has 0 amide bonds. The average Bonchev–Trinajstić information content (AvgIpc) is 3.43.